The summed E-state index contributed by atoms with van der Waals surface area (Å²) >= 11 is 1.63. The van der Waals surface area contributed by atoms with Crippen molar-refractivity contribution in [1.82, 2.24) is 10.6 Å². The van der Waals surface area contributed by atoms with Crippen molar-refractivity contribution in [3.05, 3.63) is 0 Å². The number of carbonyl (C=O) groups is 2. The minimum atomic E-state index is -0.293. The average molecular weight is 321 g/mol. The fourth-order valence-corrected chi connectivity index (χ4v) is 6.41. The number of amides is 2. The van der Waals surface area contributed by atoms with Crippen molar-refractivity contribution in [2.24, 2.45) is 22.2 Å². The van der Waals surface area contributed by atoms with Gasteiger partial charge < -0.3 is 10.6 Å². The van der Waals surface area contributed by atoms with Gasteiger partial charge in [-0.2, -0.15) is 0 Å². The SMILES string of the molecule is CC(=O)NC12CC3CC(C1)CC(C(=O)NC1=NCCS1)(C3)C2. The van der Waals surface area contributed by atoms with E-state index in [0.717, 1.165) is 49.6 Å². The lowest BCUT2D eigenvalue weighted by Gasteiger charge is -2.61. The summed E-state index contributed by atoms with van der Waals surface area (Å²) in [6, 6.07) is 0. The van der Waals surface area contributed by atoms with Crippen LogP contribution in [0.25, 0.3) is 0 Å². The molecule has 2 unspecified atom stereocenters. The van der Waals surface area contributed by atoms with Gasteiger partial charge in [0, 0.05) is 18.2 Å². The first-order chi connectivity index (χ1) is 10.5. The molecular weight excluding hydrogens is 298 g/mol. The summed E-state index contributed by atoms with van der Waals surface area (Å²) in [4.78, 5) is 29.0. The molecule has 4 fully saturated rings. The predicted molar refractivity (Wildman–Crippen MR) is 86.6 cm³/mol. The third kappa shape index (κ3) is 2.36. The van der Waals surface area contributed by atoms with E-state index in [2.05, 4.69) is 15.6 Å². The summed E-state index contributed by atoms with van der Waals surface area (Å²) in [5.74, 6) is 2.30. The highest BCUT2D eigenvalue weighted by Gasteiger charge is 2.61. The molecule has 4 aliphatic carbocycles. The summed E-state index contributed by atoms with van der Waals surface area (Å²) in [6.45, 7) is 2.39. The molecule has 6 heteroatoms. The molecule has 0 aromatic carbocycles. The van der Waals surface area contributed by atoms with Crippen LogP contribution in [0.4, 0.5) is 0 Å². The lowest BCUT2D eigenvalue weighted by atomic mass is 9.46. The number of aliphatic imine (C=N–C) groups is 1. The smallest absolute Gasteiger partial charge is 0.232 e. The molecule has 4 bridgehead atoms. The largest absolute Gasteiger partial charge is 0.351 e. The molecule has 0 saturated heterocycles. The van der Waals surface area contributed by atoms with Crippen LogP contribution < -0.4 is 10.6 Å². The number of nitrogens with one attached hydrogen (secondary N) is 2. The van der Waals surface area contributed by atoms with Crippen molar-refractivity contribution in [2.75, 3.05) is 12.3 Å². The summed E-state index contributed by atoms with van der Waals surface area (Å²) in [5, 5.41) is 7.06. The Hall–Kier alpha value is -1.04. The van der Waals surface area contributed by atoms with Crippen LogP contribution in [0.2, 0.25) is 0 Å². The first-order valence-corrected chi connectivity index (χ1v) is 9.25. The van der Waals surface area contributed by atoms with Crippen molar-refractivity contribution >= 4 is 28.7 Å². The highest BCUT2D eigenvalue weighted by atomic mass is 32.2. The Morgan fingerprint density at radius 3 is 2.55 bits per heavy atom. The summed E-state index contributed by atoms with van der Waals surface area (Å²) < 4.78 is 0. The highest BCUT2D eigenvalue weighted by Crippen LogP contribution is 2.61. The lowest BCUT2D eigenvalue weighted by molar-refractivity contribution is -0.151. The lowest BCUT2D eigenvalue weighted by Crippen LogP contribution is -2.65. The first-order valence-electron chi connectivity index (χ1n) is 8.26. The van der Waals surface area contributed by atoms with Gasteiger partial charge in [0.1, 0.15) is 0 Å². The number of thioether (sulfide) groups is 1. The Morgan fingerprint density at radius 1 is 1.23 bits per heavy atom. The third-order valence-electron chi connectivity index (χ3n) is 5.79. The number of hydrogen-bond donors (Lipinski definition) is 2. The molecule has 1 aliphatic heterocycles. The van der Waals surface area contributed by atoms with Crippen molar-refractivity contribution in [3.8, 4) is 0 Å². The molecular formula is C16H23N3O2S. The maximum Gasteiger partial charge on any atom is 0.232 e. The quantitative estimate of drug-likeness (QED) is 0.813. The molecule has 2 N–H and O–H groups in total. The van der Waals surface area contributed by atoms with Gasteiger partial charge in [0.25, 0.3) is 0 Å². The maximum absolute atomic E-state index is 13.0. The van der Waals surface area contributed by atoms with E-state index in [1.165, 1.54) is 6.42 Å². The van der Waals surface area contributed by atoms with Gasteiger partial charge in [-0.15, -0.1) is 0 Å². The Morgan fingerprint density at radius 2 is 1.95 bits per heavy atom. The van der Waals surface area contributed by atoms with E-state index in [0.29, 0.717) is 11.8 Å². The zero-order valence-electron chi connectivity index (χ0n) is 13.0. The van der Waals surface area contributed by atoms with Crippen LogP contribution in [-0.4, -0.2) is 34.8 Å². The number of nitrogens with zero attached hydrogens (tertiary/aromatic N) is 1. The van der Waals surface area contributed by atoms with Crippen LogP contribution in [0.5, 0.6) is 0 Å². The molecule has 0 spiro atoms. The number of rotatable bonds is 2. The highest BCUT2D eigenvalue weighted by molar-refractivity contribution is 8.14. The van der Waals surface area contributed by atoms with Gasteiger partial charge in [-0.3, -0.25) is 14.6 Å². The van der Waals surface area contributed by atoms with Crippen molar-refractivity contribution in [2.45, 2.75) is 51.0 Å². The van der Waals surface area contributed by atoms with Crippen LogP contribution in [0, 0.1) is 17.3 Å². The molecule has 4 saturated carbocycles. The zero-order valence-corrected chi connectivity index (χ0v) is 13.8. The van der Waals surface area contributed by atoms with E-state index in [1.807, 2.05) is 0 Å². The van der Waals surface area contributed by atoms with Gasteiger partial charge in [0.15, 0.2) is 5.17 Å². The van der Waals surface area contributed by atoms with E-state index in [9.17, 15) is 9.59 Å². The van der Waals surface area contributed by atoms with Gasteiger partial charge in [0.2, 0.25) is 11.8 Å². The molecule has 120 valence electrons. The van der Waals surface area contributed by atoms with Crippen molar-refractivity contribution in [3.63, 3.8) is 0 Å². The minimum absolute atomic E-state index is 0.0354. The average Bonchev–Trinajstić information content (AvgIpc) is 2.88. The van der Waals surface area contributed by atoms with E-state index >= 15 is 0 Å². The van der Waals surface area contributed by atoms with E-state index < -0.39 is 0 Å². The monoisotopic (exact) mass is 321 g/mol. The van der Waals surface area contributed by atoms with Crippen molar-refractivity contribution < 1.29 is 9.59 Å². The standard InChI is InChI=1S/C16H23N3O2S/c1-10(20)19-16-7-11-4-12(8-16)6-15(5-11,9-16)13(21)18-14-17-2-3-22-14/h11-12H,2-9H2,1H3,(H,19,20)(H,17,18,21). The molecule has 5 nitrogen and oxygen atoms in total. The molecule has 2 amide bonds. The Bertz CT molecular complexity index is 546. The molecule has 0 radical (unpaired) electrons. The van der Waals surface area contributed by atoms with Gasteiger partial charge in [0.05, 0.1) is 12.0 Å². The van der Waals surface area contributed by atoms with Gasteiger partial charge in [-0.1, -0.05) is 11.8 Å². The molecule has 5 aliphatic rings. The van der Waals surface area contributed by atoms with E-state index in [-0.39, 0.29) is 22.8 Å². The third-order valence-corrected chi connectivity index (χ3v) is 6.68. The fourth-order valence-electron chi connectivity index (χ4n) is 5.69. The number of amidine groups is 1. The summed E-state index contributed by atoms with van der Waals surface area (Å²) in [6.07, 6.45) is 6.09. The molecule has 1 heterocycles. The Kier molecular flexibility index (Phi) is 3.29. The summed E-state index contributed by atoms with van der Waals surface area (Å²) in [7, 11) is 0. The van der Waals surface area contributed by atoms with E-state index in [4.69, 9.17) is 0 Å². The van der Waals surface area contributed by atoms with E-state index in [1.54, 1.807) is 18.7 Å². The minimum Gasteiger partial charge on any atom is -0.351 e. The number of hydrogen-bond acceptors (Lipinski definition) is 4. The fraction of sp³-hybridized carbons (Fsp3) is 0.812. The maximum atomic E-state index is 13.0. The second-order valence-corrected chi connectivity index (χ2v) is 8.78. The van der Waals surface area contributed by atoms with Gasteiger partial charge >= 0.3 is 0 Å². The Labute approximate surface area is 135 Å². The topological polar surface area (TPSA) is 70.6 Å². The molecule has 22 heavy (non-hydrogen) atoms. The summed E-state index contributed by atoms with van der Waals surface area (Å²) in [5.41, 5.74) is -0.434. The van der Waals surface area contributed by atoms with Crippen LogP contribution in [0.1, 0.15) is 45.4 Å². The van der Waals surface area contributed by atoms with Crippen LogP contribution in [-0.2, 0) is 9.59 Å². The normalized spacial score (nSPS) is 42.1. The molecule has 5 rings (SSSR count). The van der Waals surface area contributed by atoms with Crippen molar-refractivity contribution in [1.29, 1.82) is 0 Å². The van der Waals surface area contributed by atoms with Gasteiger partial charge in [-0.05, 0) is 50.4 Å². The Balaban J connectivity index is 1.58. The molecule has 2 atom stereocenters. The zero-order chi connectivity index (χ0) is 15.4. The second-order valence-electron chi connectivity index (χ2n) is 7.69. The van der Waals surface area contributed by atoms with Crippen LogP contribution in [0.3, 0.4) is 0 Å². The van der Waals surface area contributed by atoms with Crippen LogP contribution >= 0.6 is 11.8 Å². The predicted octanol–water partition coefficient (Wildman–Crippen LogP) is 1.68. The first kappa shape index (κ1) is 14.5. The number of carbonyl (C=O) groups excluding carboxylic acids is 2. The molecule has 0 aromatic heterocycles. The van der Waals surface area contributed by atoms with Gasteiger partial charge in [-0.25, -0.2) is 0 Å². The second kappa shape index (κ2) is 4.98. The molecule has 0 aromatic rings. The van der Waals surface area contributed by atoms with Crippen LogP contribution in [0.15, 0.2) is 4.99 Å².